The first-order chi connectivity index (χ1) is 14.2. The highest BCUT2D eigenvalue weighted by Gasteiger charge is 2.37. The summed E-state index contributed by atoms with van der Waals surface area (Å²) in [7, 11) is 0.132. The van der Waals surface area contributed by atoms with Crippen LogP contribution in [-0.4, -0.2) is 34.5 Å². The van der Waals surface area contributed by atoms with Gasteiger partial charge < -0.3 is 9.80 Å². The highest BCUT2D eigenvalue weighted by Crippen LogP contribution is 2.38. The third-order valence-corrected chi connectivity index (χ3v) is 7.59. The Labute approximate surface area is 178 Å². The molecular weight excluding hydrogens is 398 g/mol. The summed E-state index contributed by atoms with van der Waals surface area (Å²) in [5.74, 6) is 0.299. The van der Waals surface area contributed by atoms with Gasteiger partial charge in [0.1, 0.15) is 0 Å². The van der Waals surface area contributed by atoms with E-state index in [1.807, 2.05) is 49.9 Å². The van der Waals surface area contributed by atoms with E-state index in [9.17, 15) is 13.2 Å². The fourth-order valence-corrected chi connectivity index (χ4v) is 5.43. The maximum atomic E-state index is 13.0. The molecule has 1 saturated carbocycles. The Morgan fingerprint density at radius 3 is 2.50 bits per heavy atom. The number of hydrogen-bond donors (Lipinski definition) is 1. The molecule has 4 rings (SSSR count). The first-order valence-electron chi connectivity index (χ1n) is 10.4. The number of nitrogens with one attached hydrogen (secondary N) is 1. The highest BCUT2D eigenvalue weighted by atomic mass is 32.2. The Morgan fingerprint density at radius 2 is 1.87 bits per heavy atom. The number of anilines is 3. The van der Waals surface area contributed by atoms with Crippen molar-refractivity contribution in [2.75, 3.05) is 28.6 Å². The van der Waals surface area contributed by atoms with Crippen LogP contribution in [0.25, 0.3) is 0 Å². The molecule has 0 radical (unpaired) electrons. The van der Waals surface area contributed by atoms with Gasteiger partial charge in [0.25, 0.3) is 10.0 Å². The van der Waals surface area contributed by atoms with Gasteiger partial charge in [-0.2, -0.15) is 0 Å². The Morgan fingerprint density at radius 1 is 1.13 bits per heavy atom. The molecule has 160 valence electrons. The first kappa shape index (κ1) is 20.7. The molecule has 30 heavy (non-hydrogen) atoms. The quantitative estimate of drug-likeness (QED) is 0.785. The van der Waals surface area contributed by atoms with E-state index >= 15 is 0 Å². The summed E-state index contributed by atoms with van der Waals surface area (Å²) in [4.78, 5) is 16.9. The minimum absolute atomic E-state index is 0.0544. The molecule has 0 spiro atoms. The fourth-order valence-electron chi connectivity index (χ4n) is 4.33. The van der Waals surface area contributed by atoms with Crippen molar-refractivity contribution in [3.63, 3.8) is 0 Å². The summed E-state index contributed by atoms with van der Waals surface area (Å²) in [6.45, 7) is 4.02. The summed E-state index contributed by atoms with van der Waals surface area (Å²) in [5.41, 5.74) is 4.33. The second kappa shape index (κ2) is 7.61. The van der Waals surface area contributed by atoms with E-state index in [4.69, 9.17) is 0 Å². The molecule has 1 aliphatic heterocycles. The largest absolute Gasteiger partial charge is 0.377 e. The lowest BCUT2D eigenvalue weighted by molar-refractivity contribution is -0.125. The SMILES string of the molecule is Cc1ccc(NS(=O)(=O)c2ccc3c(c2)C[C@H](C)N3C(=O)C2CCC2)cc1N(C)C. The van der Waals surface area contributed by atoms with Gasteiger partial charge in [0.2, 0.25) is 5.91 Å². The fraction of sp³-hybridized carbons (Fsp3) is 0.435. The van der Waals surface area contributed by atoms with Crippen LogP contribution >= 0.6 is 0 Å². The van der Waals surface area contributed by atoms with Gasteiger partial charge in [-0.15, -0.1) is 0 Å². The molecule has 1 N–H and O–H groups in total. The number of aryl methyl sites for hydroxylation is 1. The third-order valence-electron chi connectivity index (χ3n) is 6.21. The van der Waals surface area contributed by atoms with Crippen LogP contribution in [0.5, 0.6) is 0 Å². The summed E-state index contributed by atoms with van der Waals surface area (Å²) < 4.78 is 28.7. The molecule has 0 unspecified atom stereocenters. The maximum absolute atomic E-state index is 13.0. The van der Waals surface area contributed by atoms with Crippen LogP contribution in [0.15, 0.2) is 41.3 Å². The van der Waals surface area contributed by atoms with Crippen LogP contribution in [0.2, 0.25) is 0 Å². The van der Waals surface area contributed by atoms with E-state index in [1.54, 1.807) is 24.3 Å². The number of fused-ring (bicyclic) bond motifs is 1. The van der Waals surface area contributed by atoms with Gasteiger partial charge in [0, 0.05) is 37.4 Å². The zero-order chi connectivity index (χ0) is 21.6. The Bertz CT molecular complexity index is 1090. The molecule has 1 heterocycles. The van der Waals surface area contributed by atoms with Crippen molar-refractivity contribution in [2.24, 2.45) is 5.92 Å². The molecule has 2 aliphatic rings. The predicted octanol–water partition coefficient (Wildman–Crippen LogP) is 3.94. The third kappa shape index (κ3) is 3.67. The van der Waals surface area contributed by atoms with Gasteiger partial charge in [0.15, 0.2) is 0 Å². The second-order valence-corrected chi connectivity index (χ2v) is 10.4. The lowest BCUT2D eigenvalue weighted by atomic mass is 9.84. The molecule has 0 aromatic heterocycles. The molecule has 1 fully saturated rings. The molecule has 1 atom stereocenters. The Hall–Kier alpha value is -2.54. The monoisotopic (exact) mass is 427 g/mol. The molecule has 0 bridgehead atoms. The van der Waals surface area contributed by atoms with Crippen LogP contribution in [0.4, 0.5) is 17.1 Å². The molecule has 7 heteroatoms. The number of amides is 1. The van der Waals surface area contributed by atoms with E-state index in [0.29, 0.717) is 12.1 Å². The van der Waals surface area contributed by atoms with Crippen molar-refractivity contribution in [3.05, 3.63) is 47.5 Å². The molecule has 6 nitrogen and oxygen atoms in total. The summed E-state index contributed by atoms with van der Waals surface area (Å²) in [6.07, 6.45) is 3.70. The number of benzene rings is 2. The summed E-state index contributed by atoms with van der Waals surface area (Å²) in [6, 6.07) is 10.7. The van der Waals surface area contributed by atoms with Gasteiger partial charge in [-0.1, -0.05) is 12.5 Å². The number of rotatable bonds is 5. The molecular formula is C23H29N3O3S. The molecule has 2 aromatic rings. The van der Waals surface area contributed by atoms with Crippen molar-refractivity contribution in [1.29, 1.82) is 0 Å². The number of sulfonamides is 1. The predicted molar refractivity (Wildman–Crippen MR) is 121 cm³/mol. The zero-order valence-electron chi connectivity index (χ0n) is 18.0. The standard InChI is InChI=1S/C23H29N3O3S/c1-15-8-9-19(14-22(15)25(3)4)24-30(28,29)20-10-11-21-18(13-20)12-16(2)26(21)23(27)17-6-5-7-17/h8-11,13-14,16-17,24H,5-7,12H2,1-4H3/t16-/m0/s1. The van der Waals surface area contributed by atoms with Gasteiger partial charge >= 0.3 is 0 Å². The van der Waals surface area contributed by atoms with E-state index in [0.717, 1.165) is 41.8 Å². The molecule has 1 amide bonds. The van der Waals surface area contributed by atoms with Gasteiger partial charge in [-0.3, -0.25) is 9.52 Å². The number of hydrogen-bond acceptors (Lipinski definition) is 4. The molecule has 2 aromatic carbocycles. The minimum atomic E-state index is -3.73. The topological polar surface area (TPSA) is 69.7 Å². The van der Waals surface area contributed by atoms with Crippen LogP contribution < -0.4 is 14.5 Å². The normalized spacial score (nSPS) is 18.7. The van der Waals surface area contributed by atoms with Gasteiger partial charge in [-0.05, 0) is 74.6 Å². The average Bonchev–Trinajstić information content (AvgIpc) is 2.96. The Kier molecular flexibility index (Phi) is 5.26. The summed E-state index contributed by atoms with van der Waals surface area (Å²) >= 11 is 0. The van der Waals surface area contributed by atoms with Crippen molar-refractivity contribution in [3.8, 4) is 0 Å². The molecule has 1 aliphatic carbocycles. The lowest BCUT2D eigenvalue weighted by Gasteiger charge is -2.32. The number of nitrogens with zero attached hydrogens (tertiary/aromatic N) is 2. The second-order valence-electron chi connectivity index (χ2n) is 8.68. The maximum Gasteiger partial charge on any atom is 0.261 e. The van der Waals surface area contributed by atoms with Gasteiger partial charge in [0.05, 0.1) is 10.6 Å². The van der Waals surface area contributed by atoms with Crippen molar-refractivity contribution < 1.29 is 13.2 Å². The van der Waals surface area contributed by atoms with Crippen LogP contribution in [0.3, 0.4) is 0 Å². The van der Waals surface area contributed by atoms with E-state index in [2.05, 4.69) is 4.72 Å². The first-order valence-corrected chi connectivity index (χ1v) is 11.9. The summed E-state index contributed by atoms with van der Waals surface area (Å²) in [5, 5.41) is 0. The van der Waals surface area contributed by atoms with Crippen LogP contribution in [0.1, 0.15) is 37.3 Å². The molecule has 0 saturated heterocycles. The Balaban J connectivity index is 1.60. The average molecular weight is 428 g/mol. The lowest BCUT2D eigenvalue weighted by Crippen LogP contribution is -2.42. The van der Waals surface area contributed by atoms with Gasteiger partial charge in [-0.25, -0.2) is 8.42 Å². The van der Waals surface area contributed by atoms with Crippen molar-refractivity contribution in [1.82, 2.24) is 0 Å². The zero-order valence-corrected chi connectivity index (χ0v) is 18.8. The van der Waals surface area contributed by atoms with Crippen LogP contribution in [-0.2, 0) is 21.2 Å². The van der Waals surface area contributed by atoms with Crippen molar-refractivity contribution in [2.45, 2.75) is 50.5 Å². The number of carbonyl (C=O) groups excluding carboxylic acids is 1. The van der Waals surface area contributed by atoms with Crippen LogP contribution in [0, 0.1) is 12.8 Å². The van der Waals surface area contributed by atoms with E-state index in [1.165, 1.54) is 0 Å². The number of carbonyl (C=O) groups is 1. The highest BCUT2D eigenvalue weighted by molar-refractivity contribution is 7.92. The minimum Gasteiger partial charge on any atom is -0.377 e. The van der Waals surface area contributed by atoms with E-state index < -0.39 is 10.0 Å². The van der Waals surface area contributed by atoms with Crippen molar-refractivity contribution >= 4 is 33.0 Å². The van der Waals surface area contributed by atoms with E-state index in [-0.39, 0.29) is 22.8 Å². The smallest absolute Gasteiger partial charge is 0.261 e.